The number of benzene rings is 1. The van der Waals surface area contributed by atoms with Crippen LogP contribution in [0.3, 0.4) is 0 Å². The zero-order valence-electron chi connectivity index (χ0n) is 19.3. The van der Waals surface area contributed by atoms with Crippen molar-refractivity contribution in [1.29, 1.82) is 0 Å². The summed E-state index contributed by atoms with van der Waals surface area (Å²) in [5, 5.41) is 3.28. The molecule has 5 heterocycles. The van der Waals surface area contributed by atoms with Crippen molar-refractivity contribution in [2.24, 2.45) is 0 Å². The average molecular weight is 465 g/mol. The molecule has 3 aromatic rings. The molecular weight excluding hydrogens is 435 g/mol. The molecule has 0 amide bonds. The number of fused-ring (bicyclic) bond motifs is 3. The summed E-state index contributed by atoms with van der Waals surface area (Å²) in [6.07, 6.45) is 10.8. The summed E-state index contributed by atoms with van der Waals surface area (Å²) in [5.74, 6) is 0.742. The molecule has 1 saturated carbocycles. The van der Waals surface area contributed by atoms with Crippen molar-refractivity contribution in [2.45, 2.75) is 69.8 Å². The Morgan fingerprint density at radius 2 is 1.82 bits per heavy atom. The number of halogens is 1. The molecule has 0 spiro atoms. The van der Waals surface area contributed by atoms with E-state index in [4.69, 9.17) is 9.47 Å². The zero-order chi connectivity index (χ0) is 23.1. The van der Waals surface area contributed by atoms with Crippen LogP contribution in [0.25, 0.3) is 11.0 Å². The Hall–Kier alpha value is -3.07. The van der Waals surface area contributed by atoms with Gasteiger partial charge in [-0.15, -0.1) is 0 Å². The fourth-order valence-electron chi connectivity index (χ4n) is 5.32. The van der Waals surface area contributed by atoms with Crippen LogP contribution in [0, 0.1) is 5.82 Å². The summed E-state index contributed by atoms with van der Waals surface area (Å²) in [4.78, 5) is 19.6. The summed E-state index contributed by atoms with van der Waals surface area (Å²) < 4.78 is 26.8. The number of piperidine rings is 1. The highest BCUT2D eigenvalue weighted by atomic mass is 19.1. The van der Waals surface area contributed by atoms with Gasteiger partial charge in [-0.2, -0.15) is 0 Å². The summed E-state index contributed by atoms with van der Waals surface area (Å²) in [7, 11) is 0. The number of ether oxygens (including phenoxy) is 2. The molecule has 1 aromatic carbocycles. The van der Waals surface area contributed by atoms with E-state index in [-0.39, 0.29) is 18.0 Å². The number of morpholine rings is 1. The maximum absolute atomic E-state index is 14.5. The van der Waals surface area contributed by atoms with Crippen molar-refractivity contribution < 1.29 is 13.9 Å². The van der Waals surface area contributed by atoms with Crippen LogP contribution in [0.1, 0.15) is 44.7 Å². The normalized spacial score (nSPS) is 26.2. The number of aromatic nitrogens is 4. The Labute approximate surface area is 197 Å². The van der Waals surface area contributed by atoms with Gasteiger partial charge in [0.25, 0.3) is 0 Å². The molecule has 4 aliphatic rings. The predicted octanol–water partition coefficient (Wildman–Crippen LogP) is 3.90. The number of anilines is 2. The zero-order valence-corrected chi connectivity index (χ0v) is 19.3. The molecule has 2 atom stereocenters. The van der Waals surface area contributed by atoms with Gasteiger partial charge in [0.05, 0.1) is 29.5 Å². The number of nitrogens with zero attached hydrogens (tertiary/aromatic N) is 5. The van der Waals surface area contributed by atoms with Gasteiger partial charge in [-0.3, -0.25) is 4.98 Å². The molecule has 34 heavy (non-hydrogen) atoms. The van der Waals surface area contributed by atoms with E-state index in [1.54, 1.807) is 12.4 Å². The molecule has 2 bridgehead atoms. The van der Waals surface area contributed by atoms with Crippen molar-refractivity contribution in [2.75, 3.05) is 23.3 Å². The third kappa shape index (κ3) is 4.13. The van der Waals surface area contributed by atoms with Crippen LogP contribution in [0.5, 0.6) is 5.75 Å². The maximum Gasteiger partial charge on any atom is 0.186 e. The Bertz CT molecular complexity index is 1170. The molecule has 4 fully saturated rings. The van der Waals surface area contributed by atoms with E-state index in [1.807, 2.05) is 6.92 Å². The van der Waals surface area contributed by atoms with Gasteiger partial charge in [-0.1, -0.05) is 6.92 Å². The van der Waals surface area contributed by atoms with Crippen molar-refractivity contribution >= 4 is 22.5 Å². The lowest BCUT2D eigenvalue weighted by atomic mass is 9.93. The van der Waals surface area contributed by atoms with E-state index in [0.717, 1.165) is 67.7 Å². The number of hydrogen-bond donors (Lipinski definition) is 1. The first-order valence-corrected chi connectivity index (χ1v) is 12.2. The number of hydrogen-bond acceptors (Lipinski definition) is 8. The summed E-state index contributed by atoms with van der Waals surface area (Å²) in [6.45, 7) is 3.69. The molecule has 1 aliphatic carbocycles. The lowest BCUT2D eigenvalue weighted by Crippen LogP contribution is -2.57. The highest BCUT2D eigenvalue weighted by Gasteiger charge is 2.38. The lowest BCUT2D eigenvalue weighted by Gasteiger charge is -2.48. The number of aryl methyl sites for hydroxylation is 1. The highest BCUT2D eigenvalue weighted by molar-refractivity contribution is 5.85. The largest absolute Gasteiger partial charge is 0.488 e. The fraction of sp³-hybridized carbons (Fsp3) is 0.520. The minimum Gasteiger partial charge on any atom is -0.488 e. The van der Waals surface area contributed by atoms with Crippen LogP contribution in [0.15, 0.2) is 30.9 Å². The van der Waals surface area contributed by atoms with Crippen molar-refractivity contribution in [3.8, 4) is 5.75 Å². The minimum absolute atomic E-state index is 0.0815. The van der Waals surface area contributed by atoms with E-state index >= 15 is 0 Å². The number of nitrogens with one attached hydrogen (secondary N) is 1. The first kappa shape index (κ1) is 21.5. The van der Waals surface area contributed by atoms with Crippen LogP contribution >= 0.6 is 0 Å². The van der Waals surface area contributed by atoms with E-state index in [0.29, 0.717) is 30.1 Å². The maximum atomic E-state index is 14.5. The third-order valence-electron chi connectivity index (χ3n) is 7.15. The van der Waals surface area contributed by atoms with Crippen LogP contribution in [-0.2, 0) is 11.2 Å². The molecule has 8 nitrogen and oxygen atoms in total. The lowest BCUT2D eigenvalue weighted by molar-refractivity contribution is -0.133. The molecule has 1 N–H and O–H groups in total. The molecular formula is C25H29FN6O2. The second kappa shape index (κ2) is 8.94. The third-order valence-corrected chi connectivity index (χ3v) is 7.15. The fourth-order valence-corrected chi connectivity index (χ4v) is 5.32. The van der Waals surface area contributed by atoms with Crippen LogP contribution in [0.2, 0.25) is 0 Å². The van der Waals surface area contributed by atoms with Crippen LogP contribution in [-0.4, -0.2) is 57.4 Å². The summed E-state index contributed by atoms with van der Waals surface area (Å²) in [6, 6.07) is 4.37. The van der Waals surface area contributed by atoms with Gasteiger partial charge < -0.3 is 19.7 Å². The molecule has 2 aromatic heterocycles. The minimum atomic E-state index is -0.342. The standard InChI is InChI=1S/C25H29FN6O2/c1-2-20-23(26)25(30-14-29-20)31-15-3-5-17(6-4-15)34-22-10-16(9-21-24(22)28-8-7-27-21)32-12-18-11-19(13-32)33-18/h7-10,14-15,17-19H,2-6,11-13H2,1H3,(H,29,30,31). The van der Waals surface area contributed by atoms with Crippen LogP contribution in [0.4, 0.5) is 15.9 Å². The van der Waals surface area contributed by atoms with Gasteiger partial charge in [0.1, 0.15) is 17.6 Å². The van der Waals surface area contributed by atoms with Gasteiger partial charge in [0.2, 0.25) is 0 Å². The molecule has 2 unspecified atom stereocenters. The topological polar surface area (TPSA) is 85.3 Å². The van der Waals surface area contributed by atoms with Crippen molar-refractivity contribution in [3.05, 3.63) is 42.4 Å². The Morgan fingerprint density at radius 3 is 2.59 bits per heavy atom. The predicted molar refractivity (Wildman–Crippen MR) is 127 cm³/mol. The van der Waals surface area contributed by atoms with Gasteiger partial charge in [-0.25, -0.2) is 19.3 Å². The summed E-state index contributed by atoms with van der Waals surface area (Å²) in [5.41, 5.74) is 3.19. The highest BCUT2D eigenvalue weighted by Crippen LogP contribution is 2.36. The molecule has 9 heteroatoms. The monoisotopic (exact) mass is 464 g/mol. The molecule has 178 valence electrons. The second-order valence-corrected chi connectivity index (χ2v) is 9.46. The SMILES string of the molecule is CCc1ncnc(NC2CCC(Oc3cc(N4CC5CC(C4)O5)cc4nccnc34)CC2)c1F. The first-order chi connectivity index (χ1) is 16.7. The van der Waals surface area contributed by atoms with Gasteiger partial charge in [-0.05, 0) is 38.2 Å². The molecule has 0 radical (unpaired) electrons. The van der Waals surface area contributed by atoms with Gasteiger partial charge in [0.15, 0.2) is 11.6 Å². The van der Waals surface area contributed by atoms with Crippen molar-refractivity contribution in [1.82, 2.24) is 19.9 Å². The molecule has 3 saturated heterocycles. The Balaban J connectivity index is 1.15. The van der Waals surface area contributed by atoms with E-state index in [2.05, 4.69) is 42.3 Å². The first-order valence-electron chi connectivity index (χ1n) is 12.2. The quantitative estimate of drug-likeness (QED) is 0.588. The molecule has 7 rings (SSSR count). The second-order valence-electron chi connectivity index (χ2n) is 9.46. The van der Waals surface area contributed by atoms with Crippen LogP contribution < -0.4 is 15.0 Å². The van der Waals surface area contributed by atoms with E-state index in [9.17, 15) is 4.39 Å². The Kier molecular flexibility index (Phi) is 5.64. The smallest absolute Gasteiger partial charge is 0.186 e. The average Bonchev–Trinajstić information content (AvgIpc) is 2.86. The van der Waals surface area contributed by atoms with Crippen molar-refractivity contribution in [3.63, 3.8) is 0 Å². The summed E-state index contributed by atoms with van der Waals surface area (Å²) >= 11 is 0. The number of rotatable bonds is 6. The molecule has 3 aliphatic heterocycles. The van der Waals surface area contributed by atoms with Gasteiger partial charge in [0, 0.05) is 49.7 Å². The van der Waals surface area contributed by atoms with E-state index in [1.165, 1.54) is 6.33 Å². The van der Waals surface area contributed by atoms with Gasteiger partial charge >= 0.3 is 0 Å². The Morgan fingerprint density at radius 1 is 1.06 bits per heavy atom. The van der Waals surface area contributed by atoms with E-state index < -0.39 is 0 Å².